The molecule has 2 aromatic heterocycles. The van der Waals surface area contributed by atoms with Gasteiger partial charge in [-0.15, -0.1) is 0 Å². The third-order valence-corrected chi connectivity index (χ3v) is 2.42. The number of nitrogens with zero attached hydrogens (tertiary/aromatic N) is 3. The van der Waals surface area contributed by atoms with Gasteiger partial charge in [-0.05, 0) is 25.5 Å². The Balaban J connectivity index is 2.64. The van der Waals surface area contributed by atoms with Gasteiger partial charge >= 0.3 is 5.97 Å². The van der Waals surface area contributed by atoms with Crippen molar-refractivity contribution >= 4 is 11.6 Å². The minimum atomic E-state index is -0.994. The lowest BCUT2D eigenvalue weighted by Gasteiger charge is -2.00. The number of aromatic nitrogens is 3. The number of carboxylic acid groups (broad SMARTS) is 1. The van der Waals surface area contributed by atoms with E-state index in [1.54, 1.807) is 13.0 Å². The average molecular weight is 219 g/mol. The molecule has 2 rings (SSSR count). The van der Waals surface area contributed by atoms with Crippen molar-refractivity contribution in [3.05, 3.63) is 29.2 Å². The zero-order valence-corrected chi connectivity index (χ0v) is 9.27. The van der Waals surface area contributed by atoms with E-state index >= 15 is 0 Å². The summed E-state index contributed by atoms with van der Waals surface area (Å²) in [5.74, 6) is -0.994. The molecule has 0 bridgehead atoms. The summed E-state index contributed by atoms with van der Waals surface area (Å²) >= 11 is 0. The summed E-state index contributed by atoms with van der Waals surface area (Å²) in [4.78, 5) is 15.2. The largest absolute Gasteiger partial charge is 0.476 e. The zero-order valence-electron chi connectivity index (χ0n) is 9.27. The number of hydrogen-bond acceptors (Lipinski definition) is 3. The Morgan fingerprint density at radius 2 is 2.25 bits per heavy atom. The van der Waals surface area contributed by atoms with Crippen molar-refractivity contribution in [3.63, 3.8) is 0 Å². The second kappa shape index (κ2) is 3.92. The summed E-state index contributed by atoms with van der Waals surface area (Å²) in [5, 5.41) is 13.4. The summed E-state index contributed by atoms with van der Waals surface area (Å²) in [6.45, 7) is 3.74. The first-order valence-corrected chi connectivity index (χ1v) is 5.22. The molecule has 0 saturated carbocycles. The molecule has 0 spiro atoms. The zero-order chi connectivity index (χ0) is 11.7. The molecule has 0 amide bonds. The molecule has 16 heavy (non-hydrogen) atoms. The van der Waals surface area contributed by atoms with Gasteiger partial charge in [0, 0.05) is 0 Å². The van der Waals surface area contributed by atoms with Gasteiger partial charge in [0.15, 0.2) is 11.3 Å². The molecule has 0 saturated heterocycles. The minimum absolute atomic E-state index is 0.146. The number of aryl methyl sites for hydroxylation is 2. The van der Waals surface area contributed by atoms with E-state index in [1.165, 1.54) is 4.52 Å². The SMILES string of the molecule is CCCc1ccc2nc(C)c(C(=O)O)n2n1. The van der Waals surface area contributed by atoms with Crippen LogP contribution in [0.1, 0.15) is 35.2 Å². The highest BCUT2D eigenvalue weighted by atomic mass is 16.4. The van der Waals surface area contributed by atoms with E-state index < -0.39 is 5.97 Å². The maximum absolute atomic E-state index is 11.1. The quantitative estimate of drug-likeness (QED) is 0.852. The summed E-state index contributed by atoms with van der Waals surface area (Å²) in [6.07, 6.45) is 1.82. The lowest BCUT2D eigenvalue weighted by molar-refractivity contribution is 0.0687. The lowest BCUT2D eigenvalue weighted by atomic mass is 10.2. The predicted molar refractivity (Wildman–Crippen MR) is 58.7 cm³/mol. The Morgan fingerprint density at radius 3 is 2.88 bits per heavy atom. The van der Waals surface area contributed by atoms with Crippen LogP contribution in [0, 0.1) is 6.92 Å². The Labute approximate surface area is 92.7 Å². The fourth-order valence-corrected chi connectivity index (χ4v) is 1.72. The van der Waals surface area contributed by atoms with Crippen LogP contribution in [0.3, 0.4) is 0 Å². The number of imidazole rings is 1. The predicted octanol–water partition coefficient (Wildman–Crippen LogP) is 1.69. The van der Waals surface area contributed by atoms with E-state index in [2.05, 4.69) is 17.0 Å². The van der Waals surface area contributed by atoms with Gasteiger partial charge in [-0.2, -0.15) is 5.10 Å². The lowest BCUT2D eigenvalue weighted by Crippen LogP contribution is -2.07. The van der Waals surface area contributed by atoms with Gasteiger partial charge in [0.2, 0.25) is 0 Å². The van der Waals surface area contributed by atoms with Crippen molar-refractivity contribution in [2.24, 2.45) is 0 Å². The molecule has 2 heterocycles. The molecular weight excluding hydrogens is 206 g/mol. The molecule has 1 N–H and O–H groups in total. The third-order valence-electron chi connectivity index (χ3n) is 2.42. The van der Waals surface area contributed by atoms with E-state index in [-0.39, 0.29) is 5.69 Å². The Kier molecular flexibility index (Phi) is 2.60. The standard InChI is InChI=1S/C11H13N3O2/c1-3-4-8-5-6-9-12-7(2)10(11(15)16)14(9)13-8/h5-6H,3-4H2,1-2H3,(H,15,16). The van der Waals surface area contributed by atoms with Crippen LogP contribution in [0.15, 0.2) is 12.1 Å². The highest BCUT2D eigenvalue weighted by Crippen LogP contribution is 2.11. The van der Waals surface area contributed by atoms with E-state index in [1.807, 2.05) is 6.07 Å². The molecule has 0 aliphatic carbocycles. The number of aromatic carboxylic acids is 1. The second-order valence-corrected chi connectivity index (χ2v) is 3.70. The van der Waals surface area contributed by atoms with Gasteiger partial charge in [0.05, 0.1) is 11.4 Å². The van der Waals surface area contributed by atoms with Gasteiger partial charge < -0.3 is 5.11 Å². The molecule has 0 unspecified atom stereocenters. The number of carbonyl (C=O) groups is 1. The molecule has 0 aliphatic heterocycles. The van der Waals surface area contributed by atoms with Crippen LogP contribution in [0.2, 0.25) is 0 Å². The van der Waals surface area contributed by atoms with Crippen LogP contribution in [-0.4, -0.2) is 25.7 Å². The maximum Gasteiger partial charge on any atom is 0.356 e. The van der Waals surface area contributed by atoms with Crippen molar-refractivity contribution in [3.8, 4) is 0 Å². The maximum atomic E-state index is 11.1. The number of carboxylic acids is 1. The van der Waals surface area contributed by atoms with Crippen LogP contribution in [0.5, 0.6) is 0 Å². The third kappa shape index (κ3) is 1.64. The Morgan fingerprint density at radius 1 is 1.50 bits per heavy atom. The molecule has 0 aromatic carbocycles. The molecule has 0 atom stereocenters. The van der Waals surface area contributed by atoms with Gasteiger partial charge in [-0.1, -0.05) is 13.3 Å². The van der Waals surface area contributed by atoms with E-state index in [4.69, 9.17) is 5.11 Å². The minimum Gasteiger partial charge on any atom is -0.476 e. The van der Waals surface area contributed by atoms with Gasteiger partial charge in [-0.3, -0.25) is 0 Å². The molecule has 5 heteroatoms. The topological polar surface area (TPSA) is 67.5 Å². The number of fused-ring (bicyclic) bond motifs is 1. The fourth-order valence-electron chi connectivity index (χ4n) is 1.72. The van der Waals surface area contributed by atoms with E-state index in [0.717, 1.165) is 18.5 Å². The van der Waals surface area contributed by atoms with E-state index in [9.17, 15) is 4.79 Å². The average Bonchev–Trinajstić information content (AvgIpc) is 2.53. The molecule has 0 fully saturated rings. The first-order chi connectivity index (χ1) is 7.63. The smallest absolute Gasteiger partial charge is 0.356 e. The van der Waals surface area contributed by atoms with Crippen LogP contribution in [-0.2, 0) is 6.42 Å². The van der Waals surface area contributed by atoms with Crippen LogP contribution in [0.4, 0.5) is 0 Å². The highest BCUT2D eigenvalue weighted by Gasteiger charge is 2.16. The summed E-state index contributed by atoms with van der Waals surface area (Å²) in [5.41, 5.74) is 2.10. The monoisotopic (exact) mass is 219 g/mol. The van der Waals surface area contributed by atoms with E-state index in [0.29, 0.717) is 11.3 Å². The summed E-state index contributed by atoms with van der Waals surface area (Å²) < 4.78 is 1.41. The van der Waals surface area contributed by atoms with Gasteiger partial charge in [0.25, 0.3) is 0 Å². The van der Waals surface area contributed by atoms with Crippen molar-refractivity contribution in [2.75, 3.05) is 0 Å². The van der Waals surface area contributed by atoms with Crippen molar-refractivity contribution in [1.29, 1.82) is 0 Å². The van der Waals surface area contributed by atoms with Crippen LogP contribution >= 0.6 is 0 Å². The number of rotatable bonds is 3. The highest BCUT2D eigenvalue weighted by molar-refractivity contribution is 5.88. The van der Waals surface area contributed by atoms with Crippen molar-refractivity contribution < 1.29 is 9.90 Å². The molecule has 0 radical (unpaired) electrons. The van der Waals surface area contributed by atoms with Gasteiger partial charge in [0.1, 0.15) is 0 Å². The Hall–Kier alpha value is -1.91. The molecular formula is C11H13N3O2. The van der Waals surface area contributed by atoms with Crippen LogP contribution < -0.4 is 0 Å². The first kappa shape index (κ1) is 10.6. The summed E-state index contributed by atoms with van der Waals surface area (Å²) in [7, 11) is 0. The molecule has 2 aromatic rings. The second-order valence-electron chi connectivity index (χ2n) is 3.70. The molecule has 84 valence electrons. The van der Waals surface area contributed by atoms with Gasteiger partial charge in [-0.25, -0.2) is 14.3 Å². The fraction of sp³-hybridized carbons (Fsp3) is 0.364. The van der Waals surface area contributed by atoms with Crippen molar-refractivity contribution in [1.82, 2.24) is 14.6 Å². The van der Waals surface area contributed by atoms with Crippen LogP contribution in [0.25, 0.3) is 5.65 Å². The van der Waals surface area contributed by atoms with Crippen molar-refractivity contribution in [2.45, 2.75) is 26.7 Å². The summed E-state index contributed by atoms with van der Waals surface area (Å²) in [6, 6.07) is 3.69. The normalized spacial score (nSPS) is 10.9. The molecule has 5 nitrogen and oxygen atoms in total. The first-order valence-electron chi connectivity index (χ1n) is 5.22. The molecule has 0 aliphatic rings. The Bertz CT molecular complexity index is 545. The number of hydrogen-bond donors (Lipinski definition) is 1.